The lowest BCUT2D eigenvalue weighted by Gasteiger charge is -2.15. The first-order chi connectivity index (χ1) is 6.65. The van der Waals surface area contributed by atoms with Crippen LogP contribution in [0, 0.1) is 24.2 Å². The van der Waals surface area contributed by atoms with Gasteiger partial charge < -0.3 is 4.90 Å². The Kier molecular flexibility index (Phi) is 3.97. The second kappa shape index (κ2) is 5.02. The van der Waals surface area contributed by atoms with Crippen LogP contribution in [0.15, 0.2) is 0 Å². The fourth-order valence-corrected chi connectivity index (χ4v) is 1.69. The molecule has 0 aromatic carbocycles. The van der Waals surface area contributed by atoms with Gasteiger partial charge in [-0.1, -0.05) is 19.8 Å². The van der Waals surface area contributed by atoms with Crippen LogP contribution in [-0.2, 0) is 4.79 Å². The molecule has 3 heteroatoms. The molecule has 78 valence electrons. The fourth-order valence-electron chi connectivity index (χ4n) is 1.69. The Morgan fingerprint density at radius 2 is 2.07 bits per heavy atom. The first-order valence-electron chi connectivity index (χ1n) is 5.07. The summed E-state index contributed by atoms with van der Waals surface area (Å²) >= 11 is 0. The predicted octanol–water partition coefficient (Wildman–Crippen LogP) is 0.324. The van der Waals surface area contributed by atoms with E-state index in [0.717, 1.165) is 13.1 Å². The van der Waals surface area contributed by atoms with Crippen molar-refractivity contribution in [1.29, 1.82) is 0 Å². The molecule has 0 bridgehead atoms. The number of rotatable bonds is 3. The minimum absolute atomic E-state index is 0.163. The van der Waals surface area contributed by atoms with E-state index in [1.165, 1.54) is 0 Å². The van der Waals surface area contributed by atoms with Crippen molar-refractivity contribution in [2.75, 3.05) is 26.2 Å². The lowest BCUT2D eigenvalue weighted by atomic mass is 10.0. The second-order valence-corrected chi connectivity index (χ2v) is 4.06. The Labute approximate surface area is 85.9 Å². The van der Waals surface area contributed by atoms with E-state index >= 15 is 0 Å². The van der Waals surface area contributed by atoms with Gasteiger partial charge in [-0.15, -0.1) is 6.42 Å². The van der Waals surface area contributed by atoms with E-state index in [1.807, 2.05) is 4.90 Å². The maximum atomic E-state index is 11.6. The molecule has 3 nitrogen and oxygen atoms in total. The molecular weight excluding hydrogens is 176 g/mol. The van der Waals surface area contributed by atoms with Gasteiger partial charge in [0.05, 0.1) is 13.1 Å². The van der Waals surface area contributed by atoms with Crippen molar-refractivity contribution in [3.8, 4) is 12.3 Å². The zero-order chi connectivity index (χ0) is 10.6. The van der Waals surface area contributed by atoms with Gasteiger partial charge in [0.2, 0.25) is 5.91 Å². The number of hydrogen-bond acceptors (Lipinski definition) is 2. The Balaban J connectivity index is 2.29. The van der Waals surface area contributed by atoms with Gasteiger partial charge in [0.1, 0.15) is 0 Å². The second-order valence-electron chi connectivity index (χ2n) is 4.06. The third-order valence-corrected chi connectivity index (χ3v) is 2.84. The molecule has 1 heterocycles. The molecule has 0 radical (unpaired) electrons. The number of likely N-dealkylation sites (tertiary alicyclic amines) is 1. The molecule has 0 aromatic heterocycles. The Bertz CT molecular complexity index is 234. The molecule has 1 aliphatic heterocycles. The normalized spacial score (nSPS) is 26.2. The molecule has 1 aliphatic rings. The highest BCUT2D eigenvalue weighted by molar-refractivity contribution is 5.78. The Morgan fingerprint density at radius 3 is 2.57 bits per heavy atom. The monoisotopic (exact) mass is 194 g/mol. The number of terminal acetylenes is 1. The standard InChI is InChI=1S/C11H18N2O/c1-4-5-12-6-11(14)13-7-9(2)10(3)8-13/h1,9-10,12H,5-8H2,2-3H3. The van der Waals surface area contributed by atoms with E-state index in [2.05, 4.69) is 25.1 Å². The lowest BCUT2D eigenvalue weighted by molar-refractivity contribution is -0.129. The molecule has 1 amide bonds. The van der Waals surface area contributed by atoms with Crippen molar-refractivity contribution in [2.45, 2.75) is 13.8 Å². The molecule has 0 spiro atoms. The zero-order valence-corrected chi connectivity index (χ0v) is 8.92. The summed E-state index contributed by atoms with van der Waals surface area (Å²) in [5, 5.41) is 2.91. The van der Waals surface area contributed by atoms with Gasteiger partial charge in [-0.25, -0.2) is 0 Å². The van der Waals surface area contributed by atoms with Crippen LogP contribution < -0.4 is 5.32 Å². The Morgan fingerprint density at radius 1 is 1.50 bits per heavy atom. The average Bonchev–Trinajstić information content (AvgIpc) is 2.47. The topological polar surface area (TPSA) is 32.3 Å². The van der Waals surface area contributed by atoms with Crippen LogP contribution in [0.1, 0.15) is 13.8 Å². The van der Waals surface area contributed by atoms with E-state index in [-0.39, 0.29) is 5.91 Å². The molecule has 1 N–H and O–H groups in total. The van der Waals surface area contributed by atoms with Crippen LogP contribution in [0.5, 0.6) is 0 Å². The molecule has 0 aliphatic carbocycles. The minimum atomic E-state index is 0.163. The van der Waals surface area contributed by atoms with E-state index in [4.69, 9.17) is 6.42 Å². The van der Waals surface area contributed by atoms with Crippen molar-refractivity contribution in [2.24, 2.45) is 11.8 Å². The van der Waals surface area contributed by atoms with Crippen LogP contribution in [0.2, 0.25) is 0 Å². The first-order valence-corrected chi connectivity index (χ1v) is 5.07. The van der Waals surface area contributed by atoms with Gasteiger partial charge in [-0.05, 0) is 11.8 Å². The van der Waals surface area contributed by atoms with Crippen LogP contribution in [-0.4, -0.2) is 37.0 Å². The third kappa shape index (κ3) is 2.74. The zero-order valence-electron chi connectivity index (χ0n) is 8.92. The molecule has 1 saturated heterocycles. The van der Waals surface area contributed by atoms with Crippen molar-refractivity contribution in [3.05, 3.63) is 0 Å². The summed E-state index contributed by atoms with van der Waals surface area (Å²) in [6.07, 6.45) is 5.07. The van der Waals surface area contributed by atoms with E-state index < -0.39 is 0 Å². The quantitative estimate of drug-likeness (QED) is 0.518. The summed E-state index contributed by atoms with van der Waals surface area (Å²) in [6.45, 7) is 6.98. The van der Waals surface area contributed by atoms with Gasteiger partial charge in [-0.2, -0.15) is 0 Å². The number of nitrogens with zero attached hydrogens (tertiary/aromatic N) is 1. The van der Waals surface area contributed by atoms with Gasteiger partial charge in [0.25, 0.3) is 0 Å². The summed E-state index contributed by atoms with van der Waals surface area (Å²) in [6, 6.07) is 0. The smallest absolute Gasteiger partial charge is 0.236 e. The molecule has 1 rings (SSSR count). The molecule has 0 saturated carbocycles. The number of hydrogen-bond donors (Lipinski definition) is 1. The molecule has 1 fully saturated rings. The Hall–Kier alpha value is -1.01. The predicted molar refractivity (Wildman–Crippen MR) is 56.6 cm³/mol. The average molecular weight is 194 g/mol. The van der Waals surface area contributed by atoms with Gasteiger partial charge in [0.15, 0.2) is 0 Å². The third-order valence-electron chi connectivity index (χ3n) is 2.84. The molecule has 14 heavy (non-hydrogen) atoms. The van der Waals surface area contributed by atoms with Crippen molar-refractivity contribution in [1.82, 2.24) is 10.2 Å². The van der Waals surface area contributed by atoms with Gasteiger partial charge in [0, 0.05) is 13.1 Å². The maximum absolute atomic E-state index is 11.6. The van der Waals surface area contributed by atoms with E-state index in [0.29, 0.717) is 24.9 Å². The maximum Gasteiger partial charge on any atom is 0.236 e. The van der Waals surface area contributed by atoms with E-state index in [1.54, 1.807) is 0 Å². The number of carbonyl (C=O) groups is 1. The lowest BCUT2D eigenvalue weighted by Crippen LogP contribution is -2.37. The molecule has 2 atom stereocenters. The molecular formula is C11H18N2O. The summed E-state index contributed by atoms with van der Waals surface area (Å²) in [5.41, 5.74) is 0. The summed E-state index contributed by atoms with van der Waals surface area (Å²) < 4.78 is 0. The SMILES string of the molecule is C#CCNCC(=O)N1CC(C)C(C)C1. The molecule has 0 aromatic rings. The number of amides is 1. The largest absolute Gasteiger partial charge is 0.341 e. The van der Waals surface area contributed by atoms with Gasteiger partial charge in [-0.3, -0.25) is 10.1 Å². The minimum Gasteiger partial charge on any atom is -0.341 e. The van der Waals surface area contributed by atoms with Crippen molar-refractivity contribution < 1.29 is 4.79 Å². The summed E-state index contributed by atoms with van der Waals surface area (Å²) in [4.78, 5) is 13.5. The highest BCUT2D eigenvalue weighted by Crippen LogP contribution is 2.21. The van der Waals surface area contributed by atoms with Crippen LogP contribution in [0.25, 0.3) is 0 Å². The first kappa shape index (κ1) is 11.1. The summed E-state index contributed by atoms with van der Waals surface area (Å²) in [7, 11) is 0. The number of carbonyl (C=O) groups excluding carboxylic acids is 1. The van der Waals surface area contributed by atoms with Crippen LogP contribution >= 0.6 is 0 Å². The van der Waals surface area contributed by atoms with Crippen molar-refractivity contribution >= 4 is 5.91 Å². The highest BCUT2D eigenvalue weighted by atomic mass is 16.2. The molecule has 2 unspecified atom stereocenters. The van der Waals surface area contributed by atoms with Crippen LogP contribution in [0.4, 0.5) is 0 Å². The van der Waals surface area contributed by atoms with Gasteiger partial charge >= 0.3 is 0 Å². The highest BCUT2D eigenvalue weighted by Gasteiger charge is 2.28. The number of nitrogens with one attached hydrogen (secondary N) is 1. The summed E-state index contributed by atoms with van der Waals surface area (Å²) in [5.74, 6) is 3.85. The fraction of sp³-hybridized carbons (Fsp3) is 0.727. The van der Waals surface area contributed by atoms with Crippen LogP contribution in [0.3, 0.4) is 0 Å². The van der Waals surface area contributed by atoms with E-state index in [9.17, 15) is 4.79 Å². The van der Waals surface area contributed by atoms with Crippen molar-refractivity contribution in [3.63, 3.8) is 0 Å².